The number of amides is 1. The summed E-state index contributed by atoms with van der Waals surface area (Å²) in [4.78, 5) is 23.5. The number of hydrogen-bond donors (Lipinski definition) is 0. The van der Waals surface area contributed by atoms with Gasteiger partial charge in [0.15, 0.2) is 0 Å². The maximum atomic E-state index is 13.4. The molecule has 0 radical (unpaired) electrons. The van der Waals surface area contributed by atoms with Crippen molar-refractivity contribution in [1.82, 2.24) is 14.9 Å². The van der Waals surface area contributed by atoms with Crippen molar-refractivity contribution in [2.75, 3.05) is 6.54 Å². The fourth-order valence-corrected chi connectivity index (χ4v) is 2.98. The molecule has 0 N–H and O–H groups in total. The van der Waals surface area contributed by atoms with Crippen molar-refractivity contribution in [1.29, 1.82) is 0 Å². The minimum absolute atomic E-state index is 0.113. The Labute approximate surface area is 152 Å². The molecule has 26 heavy (non-hydrogen) atoms. The number of carbonyl (C=O) groups excluding carboxylic acids is 1. The van der Waals surface area contributed by atoms with Crippen LogP contribution in [0.1, 0.15) is 40.3 Å². The molecule has 0 aliphatic carbocycles. The third-order valence-corrected chi connectivity index (χ3v) is 4.21. The fraction of sp³-hybridized carbons (Fsp3) is 0.190. The minimum atomic E-state index is -0.400. The third-order valence-electron chi connectivity index (χ3n) is 4.21. The molecule has 0 aliphatic heterocycles. The standard InChI is InChI=1S/C21H20FN3O/c1-3-25(21(26)17-11-13-23-15(2)14-17)20(19-6-4-5-12-24-19)16-7-9-18(22)10-8-16/h4-14,20H,3H2,1-2H3/t20-/m0/s1. The van der Waals surface area contributed by atoms with E-state index in [-0.39, 0.29) is 11.7 Å². The molecule has 2 heterocycles. The molecule has 0 saturated carbocycles. The van der Waals surface area contributed by atoms with Gasteiger partial charge in [-0.1, -0.05) is 18.2 Å². The molecule has 1 atom stereocenters. The van der Waals surface area contributed by atoms with Gasteiger partial charge in [-0.15, -0.1) is 0 Å². The van der Waals surface area contributed by atoms with Gasteiger partial charge in [-0.3, -0.25) is 14.8 Å². The van der Waals surface area contributed by atoms with Gasteiger partial charge >= 0.3 is 0 Å². The summed E-state index contributed by atoms with van der Waals surface area (Å²) in [6, 6.07) is 14.9. The van der Waals surface area contributed by atoms with E-state index in [1.807, 2.05) is 32.0 Å². The summed E-state index contributed by atoms with van der Waals surface area (Å²) < 4.78 is 13.4. The molecule has 0 fully saturated rings. The average molecular weight is 349 g/mol. The Balaban J connectivity index is 2.06. The number of benzene rings is 1. The first-order valence-corrected chi connectivity index (χ1v) is 8.50. The predicted octanol–water partition coefficient (Wildman–Crippen LogP) is 4.18. The highest BCUT2D eigenvalue weighted by Gasteiger charge is 2.27. The van der Waals surface area contributed by atoms with Crippen LogP contribution in [0.5, 0.6) is 0 Å². The van der Waals surface area contributed by atoms with E-state index < -0.39 is 6.04 Å². The molecule has 1 amide bonds. The van der Waals surface area contributed by atoms with Crippen molar-refractivity contribution < 1.29 is 9.18 Å². The number of aryl methyl sites for hydroxylation is 1. The number of aromatic nitrogens is 2. The largest absolute Gasteiger partial charge is 0.326 e. The molecular formula is C21H20FN3O. The van der Waals surface area contributed by atoms with Crippen molar-refractivity contribution in [2.45, 2.75) is 19.9 Å². The SMILES string of the molecule is CCN(C(=O)c1ccnc(C)c1)[C@@H](c1ccc(F)cc1)c1ccccn1. The van der Waals surface area contributed by atoms with Crippen molar-refractivity contribution >= 4 is 5.91 Å². The number of rotatable bonds is 5. The Bertz CT molecular complexity index is 881. The molecule has 1 aromatic carbocycles. The molecule has 0 bridgehead atoms. The predicted molar refractivity (Wildman–Crippen MR) is 98.2 cm³/mol. The van der Waals surface area contributed by atoms with E-state index in [2.05, 4.69) is 9.97 Å². The number of pyridine rings is 2. The van der Waals surface area contributed by atoms with Crippen molar-refractivity contribution in [2.24, 2.45) is 0 Å². The summed E-state index contributed by atoms with van der Waals surface area (Å²) in [6.45, 7) is 4.26. The van der Waals surface area contributed by atoms with Gasteiger partial charge in [-0.2, -0.15) is 0 Å². The van der Waals surface area contributed by atoms with Crippen LogP contribution < -0.4 is 0 Å². The minimum Gasteiger partial charge on any atom is -0.326 e. The van der Waals surface area contributed by atoms with Gasteiger partial charge < -0.3 is 4.90 Å². The van der Waals surface area contributed by atoms with E-state index in [4.69, 9.17) is 0 Å². The van der Waals surface area contributed by atoms with Gasteiger partial charge in [-0.05, 0) is 55.8 Å². The molecule has 0 saturated heterocycles. The fourth-order valence-electron chi connectivity index (χ4n) is 2.98. The van der Waals surface area contributed by atoms with Crippen LogP contribution >= 0.6 is 0 Å². The molecular weight excluding hydrogens is 329 g/mol. The van der Waals surface area contributed by atoms with E-state index in [0.29, 0.717) is 12.1 Å². The summed E-state index contributed by atoms with van der Waals surface area (Å²) in [5.41, 5.74) is 2.90. The molecule has 0 unspecified atom stereocenters. The molecule has 3 aromatic rings. The second-order valence-corrected chi connectivity index (χ2v) is 5.99. The van der Waals surface area contributed by atoms with Gasteiger partial charge in [-0.25, -0.2) is 4.39 Å². The van der Waals surface area contributed by atoms with Crippen molar-refractivity contribution in [3.05, 3.63) is 95.3 Å². The van der Waals surface area contributed by atoms with E-state index in [1.54, 1.807) is 41.6 Å². The molecule has 0 aliphatic rings. The van der Waals surface area contributed by atoms with Crippen LogP contribution in [0, 0.1) is 12.7 Å². The van der Waals surface area contributed by atoms with Crippen LogP contribution in [0.2, 0.25) is 0 Å². The van der Waals surface area contributed by atoms with Crippen LogP contribution in [-0.4, -0.2) is 27.3 Å². The highest BCUT2D eigenvalue weighted by atomic mass is 19.1. The smallest absolute Gasteiger partial charge is 0.254 e. The van der Waals surface area contributed by atoms with Gasteiger partial charge in [0.1, 0.15) is 5.82 Å². The van der Waals surface area contributed by atoms with Gasteiger partial charge in [0.25, 0.3) is 5.91 Å². The zero-order chi connectivity index (χ0) is 18.5. The van der Waals surface area contributed by atoms with Gasteiger partial charge in [0.05, 0.1) is 11.7 Å². The monoisotopic (exact) mass is 349 g/mol. The Kier molecular flexibility index (Phi) is 5.37. The maximum absolute atomic E-state index is 13.4. The summed E-state index contributed by atoms with van der Waals surface area (Å²) in [6.07, 6.45) is 3.32. The first kappa shape index (κ1) is 17.7. The molecule has 132 valence electrons. The Morgan fingerprint density at radius 2 is 1.85 bits per heavy atom. The normalized spacial score (nSPS) is 11.8. The van der Waals surface area contributed by atoms with E-state index >= 15 is 0 Å². The lowest BCUT2D eigenvalue weighted by Gasteiger charge is -2.31. The second kappa shape index (κ2) is 7.87. The average Bonchev–Trinajstić information content (AvgIpc) is 2.67. The Morgan fingerprint density at radius 1 is 1.08 bits per heavy atom. The Morgan fingerprint density at radius 3 is 2.46 bits per heavy atom. The highest BCUT2D eigenvalue weighted by Crippen LogP contribution is 2.29. The van der Waals surface area contributed by atoms with Crippen molar-refractivity contribution in [3.63, 3.8) is 0 Å². The molecule has 3 rings (SSSR count). The lowest BCUT2D eigenvalue weighted by Crippen LogP contribution is -2.36. The molecule has 4 nitrogen and oxygen atoms in total. The number of hydrogen-bond acceptors (Lipinski definition) is 3. The summed E-state index contributed by atoms with van der Waals surface area (Å²) in [5.74, 6) is -0.425. The number of nitrogens with zero attached hydrogens (tertiary/aromatic N) is 3. The highest BCUT2D eigenvalue weighted by molar-refractivity contribution is 5.94. The van der Waals surface area contributed by atoms with E-state index in [0.717, 1.165) is 17.0 Å². The lowest BCUT2D eigenvalue weighted by molar-refractivity contribution is 0.0714. The van der Waals surface area contributed by atoms with Crippen LogP contribution in [0.3, 0.4) is 0 Å². The number of carbonyl (C=O) groups is 1. The lowest BCUT2D eigenvalue weighted by atomic mass is 10.00. The maximum Gasteiger partial charge on any atom is 0.254 e. The summed E-state index contributed by atoms with van der Waals surface area (Å²) in [7, 11) is 0. The zero-order valence-corrected chi connectivity index (χ0v) is 14.8. The molecule has 2 aromatic heterocycles. The second-order valence-electron chi connectivity index (χ2n) is 5.99. The Hall–Kier alpha value is -3.08. The van der Waals surface area contributed by atoms with E-state index in [9.17, 15) is 9.18 Å². The van der Waals surface area contributed by atoms with Crippen LogP contribution in [0.4, 0.5) is 4.39 Å². The van der Waals surface area contributed by atoms with E-state index in [1.165, 1.54) is 12.1 Å². The van der Waals surface area contributed by atoms with Crippen LogP contribution in [-0.2, 0) is 0 Å². The molecule has 0 spiro atoms. The topological polar surface area (TPSA) is 46.1 Å². The quantitative estimate of drug-likeness (QED) is 0.694. The van der Waals surface area contributed by atoms with Crippen LogP contribution in [0.15, 0.2) is 67.0 Å². The third kappa shape index (κ3) is 3.77. The number of halogens is 1. The first-order chi connectivity index (χ1) is 12.6. The van der Waals surface area contributed by atoms with Gasteiger partial charge in [0, 0.05) is 30.2 Å². The zero-order valence-electron chi connectivity index (χ0n) is 14.8. The summed E-state index contributed by atoms with van der Waals surface area (Å²) >= 11 is 0. The van der Waals surface area contributed by atoms with Crippen molar-refractivity contribution in [3.8, 4) is 0 Å². The van der Waals surface area contributed by atoms with Gasteiger partial charge in [0.2, 0.25) is 0 Å². The summed E-state index contributed by atoms with van der Waals surface area (Å²) in [5, 5.41) is 0. The first-order valence-electron chi connectivity index (χ1n) is 8.50. The molecule has 5 heteroatoms. The van der Waals surface area contributed by atoms with Crippen LogP contribution in [0.25, 0.3) is 0 Å².